The van der Waals surface area contributed by atoms with E-state index in [9.17, 15) is 0 Å². The van der Waals surface area contributed by atoms with Crippen molar-refractivity contribution in [2.75, 3.05) is 0 Å². The van der Waals surface area contributed by atoms with Gasteiger partial charge in [-0.1, -0.05) is 13.8 Å². The summed E-state index contributed by atoms with van der Waals surface area (Å²) in [6.07, 6.45) is 4.09. The Balaban J connectivity index is 1.95. The summed E-state index contributed by atoms with van der Waals surface area (Å²) >= 11 is 3.47. The van der Waals surface area contributed by atoms with Crippen molar-refractivity contribution in [3.05, 3.63) is 45.5 Å². The largest absolute Gasteiger partial charge is 0.244 e. The van der Waals surface area contributed by atoms with Gasteiger partial charge in [0.1, 0.15) is 5.01 Å². The van der Waals surface area contributed by atoms with Crippen molar-refractivity contribution >= 4 is 28.3 Å². The maximum absolute atomic E-state index is 4.95. The van der Waals surface area contributed by atoms with Crippen LogP contribution in [0.3, 0.4) is 0 Å². The Morgan fingerprint density at radius 3 is 2.56 bits per heavy atom. The third-order valence-corrected chi connectivity index (χ3v) is 7.14. The SMILES string of the molecule is CCC(CC)c1cc(C)nn2c(-c3cc(-c4nccs4)sc3C)c(C)nc12. The van der Waals surface area contributed by atoms with Gasteiger partial charge in [0.15, 0.2) is 5.65 Å². The minimum Gasteiger partial charge on any atom is -0.244 e. The van der Waals surface area contributed by atoms with Crippen LogP contribution >= 0.6 is 22.7 Å². The summed E-state index contributed by atoms with van der Waals surface area (Å²) in [5, 5.41) is 7.94. The van der Waals surface area contributed by atoms with Crippen LogP contribution in [0.25, 0.3) is 26.8 Å². The summed E-state index contributed by atoms with van der Waals surface area (Å²) in [5.74, 6) is 0.512. The van der Waals surface area contributed by atoms with Crippen molar-refractivity contribution in [2.24, 2.45) is 0 Å². The summed E-state index contributed by atoms with van der Waals surface area (Å²) in [6, 6.07) is 4.46. The third kappa shape index (κ3) is 3.11. The third-order valence-electron chi connectivity index (χ3n) is 5.15. The first-order valence-corrected chi connectivity index (χ1v) is 11.1. The molecule has 4 aromatic rings. The van der Waals surface area contributed by atoms with Gasteiger partial charge in [0, 0.05) is 27.6 Å². The summed E-state index contributed by atoms with van der Waals surface area (Å²) in [4.78, 5) is 11.9. The lowest BCUT2D eigenvalue weighted by Crippen LogP contribution is -2.05. The number of thiazole rings is 1. The monoisotopic (exact) mass is 396 g/mol. The van der Waals surface area contributed by atoms with Gasteiger partial charge in [-0.05, 0) is 51.7 Å². The molecule has 4 nitrogen and oxygen atoms in total. The molecule has 0 N–H and O–H groups in total. The average Bonchev–Trinajstić information content (AvgIpc) is 3.35. The summed E-state index contributed by atoms with van der Waals surface area (Å²) < 4.78 is 2.07. The first-order valence-electron chi connectivity index (χ1n) is 9.41. The first kappa shape index (κ1) is 18.3. The van der Waals surface area contributed by atoms with Crippen molar-refractivity contribution in [3.8, 4) is 21.1 Å². The number of hydrogen-bond acceptors (Lipinski definition) is 5. The zero-order valence-electron chi connectivity index (χ0n) is 16.4. The Morgan fingerprint density at radius 1 is 1.11 bits per heavy atom. The predicted octanol–water partition coefficient (Wildman–Crippen LogP) is 6.41. The molecule has 0 amide bonds. The standard InChI is InChI=1S/C21H24N4S2/c1-6-15(7-2)17-10-12(3)24-25-19(13(4)23-20(17)25)16-11-18(27-14(16)5)21-22-8-9-26-21/h8-11,15H,6-7H2,1-5H3. The van der Waals surface area contributed by atoms with Crippen LogP contribution in [0.2, 0.25) is 0 Å². The van der Waals surface area contributed by atoms with E-state index in [1.165, 1.54) is 20.9 Å². The number of fused-ring (bicyclic) bond motifs is 1. The topological polar surface area (TPSA) is 43.1 Å². The van der Waals surface area contributed by atoms with Gasteiger partial charge in [-0.25, -0.2) is 14.5 Å². The molecular formula is C21H24N4S2. The molecule has 27 heavy (non-hydrogen) atoms. The fourth-order valence-electron chi connectivity index (χ4n) is 3.78. The molecule has 140 valence electrons. The quantitative estimate of drug-likeness (QED) is 0.391. The predicted molar refractivity (Wildman–Crippen MR) is 115 cm³/mol. The molecule has 0 aromatic carbocycles. The van der Waals surface area contributed by atoms with Crippen LogP contribution in [-0.2, 0) is 0 Å². The molecule has 0 aliphatic heterocycles. The Kier molecular flexibility index (Phi) is 4.86. The minimum absolute atomic E-state index is 0.512. The molecule has 0 atom stereocenters. The minimum atomic E-state index is 0.512. The lowest BCUT2D eigenvalue weighted by molar-refractivity contribution is 0.638. The van der Waals surface area contributed by atoms with Gasteiger partial charge >= 0.3 is 0 Å². The van der Waals surface area contributed by atoms with E-state index in [4.69, 9.17) is 10.1 Å². The Morgan fingerprint density at radius 2 is 1.89 bits per heavy atom. The number of thiophene rings is 1. The van der Waals surface area contributed by atoms with Crippen molar-refractivity contribution in [1.29, 1.82) is 0 Å². The zero-order valence-corrected chi connectivity index (χ0v) is 18.0. The fraction of sp³-hybridized carbons (Fsp3) is 0.381. The van der Waals surface area contributed by atoms with E-state index in [1.807, 2.05) is 11.6 Å². The van der Waals surface area contributed by atoms with Crippen LogP contribution in [0.4, 0.5) is 0 Å². The number of aryl methyl sites for hydroxylation is 3. The Hall–Kier alpha value is -2.05. The average molecular weight is 397 g/mol. The fourth-order valence-corrected chi connectivity index (χ4v) is 5.51. The number of aromatic nitrogens is 4. The number of rotatable bonds is 5. The van der Waals surface area contributed by atoms with Crippen LogP contribution in [0, 0.1) is 20.8 Å². The maximum atomic E-state index is 4.95. The number of hydrogen-bond donors (Lipinski definition) is 0. The summed E-state index contributed by atoms with van der Waals surface area (Å²) in [5.41, 5.74) is 6.71. The first-order chi connectivity index (χ1) is 13.0. The molecule has 4 aromatic heterocycles. The van der Waals surface area contributed by atoms with E-state index in [-0.39, 0.29) is 0 Å². The van der Waals surface area contributed by atoms with Gasteiger partial charge < -0.3 is 0 Å². The van der Waals surface area contributed by atoms with Gasteiger partial charge in [0.05, 0.1) is 22.0 Å². The highest BCUT2D eigenvalue weighted by atomic mass is 32.1. The van der Waals surface area contributed by atoms with Crippen molar-refractivity contribution < 1.29 is 0 Å². The van der Waals surface area contributed by atoms with E-state index < -0.39 is 0 Å². The highest BCUT2D eigenvalue weighted by Gasteiger charge is 2.22. The van der Waals surface area contributed by atoms with Crippen molar-refractivity contribution in [3.63, 3.8) is 0 Å². The molecule has 6 heteroatoms. The Bertz CT molecular complexity index is 1090. The molecule has 0 saturated heterocycles. The molecule has 0 fully saturated rings. The number of nitrogens with zero attached hydrogens (tertiary/aromatic N) is 4. The van der Waals surface area contributed by atoms with Crippen molar-refractivity contribution in [1.82, 2.24) is 19.6 Å². The molecule has 0 bridgehead atoms. The van der Waals surface area contributed by atoms with Crippen LogP contribution in [0.15, 0.2) is 23.7 Å². The lowest BCUT2D eigenvalue weighted by atomic mass is 9.95. The van der Waals surface area contributed by atoms with Gasteiger partial charge in [-0.2, -0.15) is 5.10 Å². The van der Waals surface area contributed by atoms with Gasteiger partial charge in [-0.15, -0.1) is 22.7 Å². The number of imidazole rings is 1. The smallest absolute Gasteiger partial charge is 0.157 e. The van der Waals surface area contributed by atoms with E-state index in [2.05, 4.69) is 56.3 Å². The van der Waals surface area contributed by atoms with Crippen LogP contribution in [0.5, 0.6) is 0 Å². The molecule has 0 aliphatic rings. The van der Waals surface area contributed by atoms with Crippen LogP contribution in [-0.4, -0.2) is 19.6 Å². The van der Waals surface area contributed by atoms with E-state index in [0.717, 1.165) is 40.6 Å². The molecule has 4 heterocycles. The molecule has 4 rings (SSSR count). The summed E-state index contributed by atoms with van der Waals surface area (Å²) in [7, 11) is 0. The van der Waals surface area contributed by atoms with Crippen molar-refractivity contribution in [2.45, 2.75) is 53.4 Å². The highest BCUT2D eigenvalue weighted by molar-refractivity contribution is 7.21. The second kappa shape index (κ2) is 7.17. The molecule has 0 spiro atoms. The maximum Gasteiger partial charge on any atom is 0.157 e. The van der Waals surface area contributed by atoms with E-state index >= 15 is 0 Å². The van der Waals surface area contributed by atoms with Crippen LogP contribution < -0.4 is 0 Å². The zero-order chi connectivity index (χ0) is 19.1. The second-order valence-corrected chi connectivity index (χ2v) is 9.10. The lowest BCUT2D eigenvalue weighted by Gasteiger charge is -2.14. The van der Waals surface area contributed by atoms with Gasteiger partial charge in [0.2, 0.25) is 0 Å². The molecular weight excluding hydrogens is 372 g/mol. The van der Waals surface area contributed by atoms with E-state index in [0.29, 0.717) is 5.92 Å². The molecule has 0 radical (unpaired) electrons. The normalized spacial score (nSPS) is 11.8. The van der Waals surface area contributed by atoms with Gasteiger partial charge in [-0.3, -0.25) is 0 Å². The molecule has 0 unspecified atom stereocenters. The van der Waals surface area contributed by atoms with Gasteiger partial charge in [0.25, 0.3) is 0 Å². The molecule has 0 aliphatic carbocycles. The molecule has 0 saturated carbocycles. The summed E-state index contributed by atoms with van der Waals surface area (Å²) in [6.45, 7) is 10.8. The van der Waals surface area contributed by atoms with E-state index in [1.54, 1.807) is 22.7 Å². The Labute approximate surface area is 167 Å². The second-order valence-electron chi connectivity index (χ2n) is 6.95. The van der Waals surface area contributed by atoms with Crippen LogP contribution in [0.1, 0.15) is 54.4 Å². The highest BCUT2D eigenvalue weighted by Crippen LogP contribution is 2.39.